The Morgan fingerprint density at radius 1 is 1.32 bits per heavy atom. The quantitative estimate of drug-likeness (QED) is 0.816. The van der Waals surface area contributed by atoms with Gasteiger partial charge in [0.1, 0.15) is 4.99 Å². The van der Waals surface area contributed by atoms with Gasteiger partial charge in [-0.3, -0.25) is 0 Å². The molecular weight excluding hydrogens is 252 g/mol. The second kappa shape index (κ2) is 6.38. The lowest BCUT2D eigenvalue weighted by Gasteiger charge is -2.29. The molecule has 1 unspecified atom stereocenters. The van der Waals surface area contributed by atoms with E-state index in [2.05, 4.69) is 31.3 Å². The van der Waals surface area contributed by atoms with Crippen molar-refractivity contribution in [2.45, 2.75) is 52.0 Å². The summed E-state index contributed by atoms with van der Waals surface area (Å²) in [5.41, 5.74) is 9.09. The molecule has 0 bridgehead atoms. The number of hydrogen-bond donors (Lipinski definition) is 2. The molecule has 1 fully saturated rings. The van der Waals surface area contributed by atoms with Crippen LogP contribution in [0.15, 0.2) is 18.2 Å². The first-order valence-corrected chi connectivity index (χ1v) is 7.65. The predicted molar refractivity (Wildman–Crippen MR) is 86.7 cm³/mol. The van der Waals surface area contributed by atoms with Gasteiger partial charge in [0.2, 0.25) is 0 Å². The maximum Gasteiger partial charge on any atom is 0.106 e. The maximum atomic E-state index is 5.81. The maximum absolute atomic E-state index is 5.81. The van der Waals surface area contributed by atoms with E-state index in [-0.39, 0.29) is 0 Å². The highest BCUT2D eigenvalue weighted by atomic mass is 32.1. The minimum Gasteiger partial charge on any atom is -0.389 e. The molecule has 0 amide bonds. The summed E-state index contributed by atoms with van der Waals surface area (Å²) < 4.78 is 0. The van der Waals surface area contributed by atoms with Crippen LogP contribution in [0.4, 0.5) is 5.69 Å². The van der Waals surface area contributed by atoms with E-state index >= 15 is 0 Å². The number of rotatable bonds is 4. The van der Waals surface area contributed by atoms with Gasteiger partial charge < -0.3 is 11.1 Å². The summed E-state index contributed by atoms with van der Waals surface area (Å²) in [5, 5.41) is 3.63. The van der Waals surface area contributed by atoms with Gasteiger partial charge in [0.15, 0.2) is 0 Å². The van der Waals surface area contributed by atoms with E-state index in [1.165, 1.54) is 37.7 Å². The van der Waals surface area contributed by atoms with Crippen molar-refractivity contribution in [3.63, 3.8) is 0 Å². The Balaban J connectivity index is 2.12. The zero-order chi connectivity index (χ0) is 13.8. The highest BCUT2D eigenvalue weighted by Crippen LogP contribution is 2.29. The van der Waals surface area contributed by atoms with Gasteiger partial charge >= 0.3 is 0 Å². The molecule has 1 aliphatic rings. The average Bonchev–Trinajstić information content (AvgIpc) is 2.39. The van der Waals surface area contributed by atoms with E-state index in [4.69, 9.17) is 18.0 Å². The molecule has 3 heteroatoms. The lowest BCUT2D eigenvalue weighted by atomic mass is 9.84. The second-order valence-corrected chi connectivity index (χ2v) is 6.18. The van der Waals surface area contributed by atoms with Crippen LogP contribution < -0.4 is 11.1 Å². The van der Waals surface area contributed by atoms with Crippen molar-refractivity contribution >= 4 is 22.9 Å². The molecule has 1 atom stereocenters. The molecule has 2 nitrogen and oxygen atoms in total. The first-order valence-electron chi connectivity index (χ1n) is 7.25. The topological polar surface area (TPSA) is 38.0 Å². The monoisotopic (exact) mass is 276 g/mol. The van der Waals surface area contributed by atoms with Gasteiger partial charge in [-0.1, -0.05) is 37.5 Å². The summed E-state index contributed by atoms with van der Waals surface area (Å²) in [4.78, 5) is 0.471. The smallest absolute Gasteiger partial charge is 0.106 e. The van der Waals surface area contributed by atoms with Gasteiger partial charge in [0.05, 0.1) is 0 Å². The third kappa shape index (κ3) is 3.69. The van der Waals surface area contributed by atoms with E-state index in [9.17, 15) is 0 Å². The molecule has 1 aromatic carbocycles. The Morgan fingerprint density at radius 3 is 2.63 bits per heavy atom. The molecule has 0 aromatic heterocycles. The van der Waals surface area contributed by atoms with Crippen LogP contribution in [0.2, 0.25) is 0 Å². The van der Waals surface area contributed by atoms with Crippen LogP contribution in [-0.4, -0.2) is 11.0 Å². The van der Waals surface area contributed by atoms with Gasteiger partial charge in [0, 0.05) is 17.3 Å². The number of anilines is 1. The van der Waals surface area contributed by atoms with Crippen molar-refractivity contribution in [1.82, 2.24) is 0 Å². The summed E-state index contributed by atoms with van der Waals surface area (Å²) in [6, 6.07) is 6.71. The van der Waals surface area contributed by atoms with Crippen molar-refractivity contribution in [1.29, 1.82) is 0 Å². The minimum atomic E-state index is 0.471. The SMILES string of the molecule is Cc1ccc(C(N)=S)c(NC(C)C2CCCCC2)c1. The van der Waals surface area contributed by atoms with Crippen LogP contribution in [0.3, 0.4) is 0 Å². The number of nitrogens with two attached hydrogens (primary N) is 1. The molecule has 1 aromatic rings. The first-order chi connectivity index (χ1) is 9.08. The van der Waals surface area contributed by atoms with Crippen LogP contribution in [0.5, 0.6) is 0 Å². The fourth-order valence-corrected chi connectivity index (χ4v) is 3.17. The summed E-state index contributed by atoms with van der Waals surface area (Å²) in [6.07, 6.45) is 6.80. The largest absolute Gasteiger partial charge is 0.389 e. The van der Waals surface area contributed by atoms with Crippen LogP contribution in [0.25, 0.3) is 0 Å². The van der Waals surface area contributed by atoms with E-state index in [0.717, 1.165) is 17.2 Å². The van der Waals surface area contributed by atoms with Crippen LogP contribution in [0, 0.1) is 12.8 Å². The minimum absolute atomic E-state index is 0.471. The highest BCUT2D eigenvalue weighted by molar-refractivity contribution is 7.80. The first kappa shape index (κ1) is 14.3. The standard InChI is InChI=1S/C16H24N2S/c1-11-8-9-14(16(17)19)15(10-11)18-12(2)13-6-4-3-5-7-13/h8-10,12-13,18H,3-7H2,1-2H3,(H2,17,19). The summed E-state index contributed by atoms with van der Waals surface area (Å²) in [5.74, 6) is 0.772. The van der Waals surface area contributed by atoms with Crippen molar-refractivity contribution in [3.05, 3.63) is 29.3 Å². The van der Waals surface area contributed by atoms with Crippen LogP contribution >= 0.6 is 12.2 Å². The van der Waals surface area contributed by atoms with Gasteiger partial charge in [-0.05, 0) is 50.3 Å². The Hall–Kier alpha value is -1.09. The normalized spacial score (nSPS) is 18.0. The van der Waals surface area contributed by atoms with Crippen molar-refractivity contribution in [3.8, 4) is 0 Å². The Kier molecular flexibility index (Phi) is 4.81. The molecule has 2 rings (SSSR count). The van der Waals surface area contributed by atoms with E-state index in [1.54, 1.807) is 0 Å². The molecule has 104 valence electrons. The van der Waals surface area contributed by atoms with Gasteiger partial charge in [-0.2, -0.15) is 0 Å². The van der Waals surface area contributed by atoms with Crippen LogP contribution in [-0.2, 0) is 0 Å². The molecule has 19 heavy (non-hydrogen) atoms. The van der Waals surface area contributed by atoms with Gasteiger partial charge in [-0.15, -0.1) is 0 Å². The summed E-state index contributed by atoms with van der Waals surface area (Å²) in [7, 11) is 0. The van der Waals surface area contributed by atoms with Gasteiger partial charge in [-0.25, -0.2) is 0 Å². The molecule has 0 spiro atoms. The Bertz CT molecular complexity index is 450. The van der Waals surface area contributed by atoms with Crippen molar-refractivity contribution in [2.24, 2.45) is 11.7 Å². The van der Waals surface area contributed by atoms with E-state index in [1.807, 2.05) is 6.07 Å². The Morgan fingerprint density at radius 2 is 2.00 bits per heavy atom. The molecular formula is C16H24N2S. The molecule has 3 N–H and O–H groups in total. The molecule has 0 heterocycles. The number of aryl methyl sites for hydroxylation is 1. The third-order valence-electron chi connectivity index (χ3n) is 4.18. The van der Waals surface area contributed by atoms with Crippen molar-refractivity contribution in [2.75, 3.05) is 5.32 Å². The Labute approximate surface area is 121 Å². The fraction of sp³-hybridized carbons (Fsp3) is 0.562. The van der Waals surface area contributed by atoms with Crippen LogP contribution in [0.1, 0.15) is 50.2 Å². The van der Waals surface area contributed by atoms with E-state index < -0.39 is 0 Å². The molecule has 1 aliphatic carbocycles. The van der Waals surface area contributed by atoms with E-state index in [0.29, 0.717) is 11.0 Å². The highest BCUT2D eigenvalue weighted by Gasteiger charge is 2.20. The third-order valence-corrected chi connectivity index (χ3v) is 4.40. The molecule has 1 saturated carbocycles. The lowest BCUT2D eigenvalue weighted by molar-refractivity contribution is 0.328. The fourth-order valence-electron chi connectivity index (χ4n) is 2.99. The summed E-state index contributed by atoms with van der Waals surface area (Å²) >= 11 is 5.14. The zero-order valence-corrected chi connectivity index (χ0v) is 12.7. The predicted octanol–water partition coefficient (Wildman–Crippen LogP) is 4.01. The number of hydrogen-bond acceptors (Lipinski definition) is 2. The summed E-state index contributed by atoms with van der Waals surface area (Å²) in [6.45, 7) is 4.38. The number of nitrogens with one attached hydrogen (secondary N) is 1. The molecule has 0 aliphatic heterocycles. The second-order valence-electron chi connectivity index (χ2n) is 5.74. The number of thiocarbonyl (C=S) groups is 1. The average molecular weight is 276 g/mol. The molecule has 0 saturated heterocycles. The molecule has 0 radical (unpaired) electrons. The lowest BCUT2D eigenvalue weighted by Crippen LogP contribution is -2.28. The number of benzene rings is 1. The van der Waals surface area contributed by atoms with Crippen molar-refractivity contribution < 1.29 is 0 Å². The van der Waals surface area contributed by atoms with Gasteiger partial charge in [0.25, 0.3) is 0 Å². The zero-order valence-electron chi connectivity index (χ0n) is 11.9.